The maximum absolute atomic E-state index is 9.96. The molecule has 1 rings (SSSR count). The Hall–Kier alpha value is -1.55. The van der Waals surface area contributed by atoms with Crippen LogP contribution in [-0.4, -0.2) is 25.0 Å². The summed E-state index contributed by atoms with van der Waals surface area (Å²) in [7, 11) is 3.06. The van der Waals surface area contributed by atoms with E-state index in [1.165, 1.54) is 13.2 Å². The summed E-state index contributed by atoms with van der Waals surface area (Å²) in [5.41, 5.74) is 0.493. The van der Waals surface area contributed by atoms with E-state index < -0.39 is 4.70 Å². The lowest BCUT2D eigenvalue weighted by Gasteiger charge is -2.06. The van der Waals surface area contributed by atoms with Gasteiger partial charge in [-0.2, -0.15) is 4.99 Å². The van der Waals surface area contributed by atoms with Crippen LogP contribution >= 0.6 is 23.2 Å². The molecule has 0 radical (unpaired) electrons. The Bertz CT molecular complexity index is 426. The van der Waals surface area contributed by atoms with Crippen molar-refractivity contribution in [1.29, 1.82) is 0 Å². The number of hydrogen-bond acceptors (Lipinski definition) is 5. The second-order valence-corrected chi connectivity index (χ2v) is 3.35. The second kappa shape index (κ2) is 8.58. The fourth-order valence-electron chi connectivity index (χ4n) is 0.947. The van der Waals surface area contributed by atoms with Crippen molar-refractivity contribution in [2.75, 3.05) is 14.2 Å². The van der Waals surface area contributed by atoms with Crippen molar-refractivity contribution in [3.63, 3.8) is 0 Å². The molecule has 0 unspecified atom stereocenters. The number of carbonyl (C=O) groups excluding carboxylic acids is 2. The smallest absolute Gasteiger partial charge is 0.313 e. The predicted octanol–water partition coefficient (Wildman–Crippen LogP) is 3.26. The van der Waals surface area contributed by atoms with Crippen LogP contribution in [0.2, 0.25) is 0 Å². The van der Waals surface area contributed by atoms with Gasteiger partial charge in [0.25, 0.3) is 0 Å². The van der Waals surface area contributed by atoms with Crippen LogP contribution in [0.4, 0.5) is 10.5 Å². The summed E-state index contributed by atoms with van der Waals surface area (Å²) >= 11 is 8.80. The SMILES string of the molecule is COc1ccc(N=C=O)cc1OC.O=C(Cl)Cl. The van der Waals surface area contributed by atoms with Crippen LogP contribution in [0.3, 0.4) is 0 Å². The minimum Gasteiger partial charge on any atom is -0.493 e. The highest BCUT2D eigenvalue weighted by molar-refractivity contribution is 6.93. The van der Waals surface area contributed by atoms with Crippen LogP contribution in [0, 0.1) is 0 Å². The fraction of sp³-hybridized carbons (Fsp3) is 0.200. The largest absolute Gasteiger partial charge is 0.493 e. The highest BCUT2D eigenvalue weighted by atomic mass is 35.5. The lowest BCUT2D eigenvalue weighted by atomic mass is 10.3. The molecule has 0 fully saturated rings. The number of aliphatic imine (C=N–C) groups is 1. The van der Waals surface area contributed by atoms with E-state index in [1.807, 2.05) is 0 Å². The maximum atomic E-state index is 9.96. The van der Waals surface area contributed by atoms with Gasteiger partial charge in [-0.05, 0) is 35.3 Å². The first kappa shape index (κ1) is 15.4. The van der Waals surface area contributed by atoms with Gasteiger partial charge in [-0.25, -0.2) is 4.79 Å². The number of hydrogen-bond donors (Lipinski definition) is 0. The molecule has 1 aromatic carbocycles. The molecule has 0 aliphatic carbocycles. The number of methoxy groups -OCH3 is 2. The number of rotatable bonds is 3. The lowest BCUT2D eigenvalue weighted by molar-refractivity contribution is 0.275. The molecule has 0 aliphatic heterocycles. The van der Waals surface area contributed by atoms with E-state index in [0.29, 0.717) is 17.2 Å². The van der Waals surface area contributed by atoms with E-state index >= 15 is 0 Å². The molecule has 1 aromatic rings. The summed E-state index contributed by atoms with van der Waals surface area (Å²) in [4.78, 5) is 22.4. The summed E-state index contributed by atoms with van der Waals surface area (Å²) in [6, 6.07) is 4.92. The monoisotopic (exact) mass is 277 g/mol. The average Bonchev–Trinajstić information content (AvgIpc) is 2.28. The maximum Gasteiger partial charge on any atom is 0.313 e. The Morgan fingerprint density at radius 3 is 2.18 bits per heavy atom. The van der Waals surface area contributed by atoms with Crippen molar-refractivity contribution in [1.82, 2.24) is 0 Å². The standard InChI is InChI=1S/C9H9NO3.CCl2O/c1-12-8-4-3-7(10-6-11)5-9(8)13-2;2-1(3)4/h3-5H,1-2H3;. The molecule has 0 bridgehead atoms. The van der Waals surface area contributed by atoms with Crippen molar-refractivity contribution in [3.8, 4) is 11.5 Å². The number of halogens is 2. The quantitative estimate of drug-likeness (QED) is 0.483. The van der Waals surface area contributed by atoms with Crippen LogP contribution in [-0.2, 0) is 4.79 Å². The third-order valence-corrected chi connectivity index (χ3v) is 1.54. The van der Waals surface area contributed by atoms with E-state index in [9.17, 15) is 4.79 Å². The minimum absolute atomic E-state index is 0.493. The molecule has 17 heavy (non-hydrogen) atoms. The molecule has 92 valence electrons. The van der Waals surface area contributed by atoms with E-state index in [4.69, 9.17) is 14.3 Å². The van der Waals surface area contributed by atoms with Crippen LogP contribution in [0.25, 0.3) is 0 Å². The van der Waals surface area contributed by atoms with Crippen molar-refractivity contribution >= 4 is 39.7 Å². The average molecular weight is 278 g/mol. The predicted molar refractivity (Wildman–Crippen MR) is 64.4 cm³/mol. The first-order valence-electron chi connectivity index (χ1n) is 4.20. The molecule has 0 N–H and O–H groups in total. The van der Waals surface area contributed by atoms with E-state index in [1.54, 1.807) is 25.3 Å². The summed E-state index contributed by atoms with van der Waals surface area (Å²) in [5.74, 6) is 1.14. The number of nitrogens with zero attached hydrogens (tertiary/aromatic N) is 1. The third-order valence-electron chi connectivity index (χ3n) is 1.54. The van der Waals surface area contributed by atoms with Crippen molar-refractivity contribution in [3.05, 3.63) is 18.2 Å². The van der Waals surface area contributed by atoms with Gasteiger partial charge in [0.05, 0.1) is 19.9 Å². The second-order valence-electron chi connectivity index (χ2n) is 2.47. The fourth-order valence-corrected chi connectivity index (χ4v) is 0.947. The van der Waals surface area contributed by atoms with Gasteiger partial charge in [-0.1, -0.05) is 0 Å². The van der Waals surface area contributed by atoms with E-state index in [-0.39, 0.29) is 0 Å². The lowest BCUT2D eigenvalue weighted by Crippen LogP contribution is -1.89. The Morgan fingerprint density at radius 2 is 1.76 bits per heavy atom. The Morgan fingerprint density at radius 1 is 1.24 bits per heavy atom. The molecule has 5 nitrogen and oxygen atoms in total. The van der Waals surface area contributed by atoms with Crippen LogP contribution in [0.15, 0.2) is 23.2 Å². The van der Waals surface area contributed by atoms with Gasteiger partial charge in [0.2, 0.25) is 6.08 Å². The topological polar surface area (TPSA) is 65.0 Å². The molecule has 0 atom stereocenters. The van der Waals surface area contributed by atoms with Crippen molar-refractivity contribution in [2.45, 2.75) is 0 Å². The van der Waals surface area contributed by atoms with Gasteiger partial charge in [0.1, 0.15) is 0 Å². The van der Waals surface area contributed by atoms with Crippen molar-refractivity contribution in [2.24, 2.45) is 4.99 Å². The number of benzene rings is 1. The molecule has 0 spiro atoms. The molecular weight excluding hydrogens is 269 g/mol. The Balaban J connectivity index is 0.000000557. The van der Waals surface area contributed by atoms with Gasteiger partial charge in [-0.15, -0.1) is 0 Å². The molecule has 0 amide bonds. The molecule has 0 saturated heterocycles. The number of ether oxygens (including phenoxy) is 2. The normalized spacial score (nSPS) is 8.24. The summed E-state index contributed by atoms with van der Waals surface area (Å²) < 4.78 is 9.12. The zero-order chi connectivity index (χ0) is 13.3. The van der Waals surface area contributed by atoms with Gasteiger partial charge >= 0.3 is 4.70 Å². The molecule has 7 heteroatoms. The van der Waals surface area contributed by atoms with Crippen LogP contribution in [0.1, 0.15) is 0 Å². The third kappa shape index (κ3) is 6.58. The van der Waals surface area contributed by atoms with Crippen molar-refractivity contribution < 1.29 is 19.1 Å². The van der Waals surface area contributed by atoms with Crippen LogP contribution in [0.5, 0.6) is 11.5 Å². The summed E-state index contributed by atoms with van der Waals surface area (Å²) in [6.07, 6.45) is 1.45. The zero-order valence-corrected chi connectivity index (χ0v) is 10.6. The van der Waals surface area contributed by atoms with Gasteiger partial charge in [0.15, 0.2) is 11.5 Å². The Kier molecular flexibility index (Phi) is 7.80. The first-order chi connectivity index (χ1) is 8.04. The van der Waals surface area contributed by atoms with Gasteiger partial charge < -0.3 is 9.47 Å². The summed E-state index contributed by atoms with van der Waals surface area (Å²) in [6.45, 7) is 0. The number of isocyanates is 1. The molecule has 0 saturated carbocycles. The molecule has 0 aromatic heterocycles. The number of carbonyl (C=O) groups is 1. The highest BCUT2D eigenvalue weighted by Crippen LogP contribution is 2.30. The van der Waals surface area contributed by atoms with Crippen LogP contribution < -0.4 is 9.47 Å². The Labute approximate surface area is 108 Å². The molecule has 0 aliphatic rings. The van der Waals surface area contributed by atoms with E-state index in [0.717, 1.165) is 0 Å². The highest BCUT2D eigenvalue weighted by Gasteiger charge is 2.02. The molecule has 0 heterocycles. The zero-order valence-electron chi connectivity index (χ0n) is 9.07. The van der Waals surface area contributed by atoms with Gasteiger partial charge in [0, 0.05) is 6.07 Å². The summed E-state index contributed by atoms with van der Waals surface area (Å²) in [5, 5.41) is 0. The minimum atomic E-state index is -0.889. The van der Waals surface area contributed by atoms with Gasteiger partial charge in [-0.3, -0.25) is 4.79 Å². The molecular formula is C10H9Cl2NO4. The first-order valence-corrected chi connectivity index (χ1v) is 4.95. The van der Waals surface area contributed by atoms with E-state index in [2.05, 4.69) is 28.2 Å².